The molecule has 5 nitrogen and oxygen atoms in total. The molecule has 2 aromatic rings. The first-order valence-corrected chi connectivity index (χ1v) is 9.35. The Morgan fingerprint density at radius 3 is 2.44 bits per heavy atom. The molecule has 0 aromatic carbocycles. The van der Waals surface area contributed by atoms with Gasteiger partial charge in [-0.2, -0.15) is 0 Å². The Morgan fingerprint density at radius 2 is 1.72 bits per heavy atom. The van der Waals surface area contributed by atoms with Crippen LogP contribution in [0, 0.1) is 5.92 Å². The molecule has 2 aromatic heterocycles. The van der Waals surface area contributed by atoms with Crippen LogP contribution in [-0.2, 0) is 4.79 Å². The fraction of sp³-hybridized carbons (Fsp3) is 0.500. The Morgan fingerprint density at radius 1 is 0.920 bits per heavy atom. The van der Waals surface area contributed by atoms with Crippen molar-refractivity contribution in [2.75, 3.05) is 6.54 Å². The molecule has 0 unspecified atom stereocenters. The fourth-order valence-electron chi connectivity index (χ4n) is 4.14. The van der Waals surface area contributed by atoms with Gasteiger partial charge in [0.2, 0.25) is 5.91 Å². The van der Waals surface area contributed by atoms with Gasteiger partial charge in [0, 0.05) is 42.2 Å². The lowest BCUT2D eigenvalue weighted by Gasteiger charge is -2.30. The second kappa shape index (κ2) is 7.30. The van der Waals surface area contributed by atoms with E-state index < -0.39 is 0 Å². The minimum absolute atomic E-state index is 0.135. The summed E-state index contributed by atoms with van der Waals surface area (Å²) in [5.41, 5.74) is 2.97. The summed E-state index contributed by atoms with van der Waals surface area (Å²) in [7, 11) is 0. The molecule has 25 heavy (non-hydrogen) atoms. The highest BCUT2D eigenvalue weighted by molar-refractivity contribution is 5.79. The summed E-state index contributed by atoms with van der Waals surface area (Å²) in [5, 5.41) is 0. The Hall–Kier alpha value is -2.30. The van der Waals surface area contributed by atoms with Crippen LogP contribution in [0.1, 0.15) is 56.7 Å². The molecule has 5 heteroatoms. The van der Waals surface area contributed by atoms with Gasteiger partial charge in [0.1, 0.15) is 6.33 Å². The zero-order valence-electron chi connectivity index (χ0n) is 14.5. The first-order chi connectivity index (χ1) is 12.3. The largest absolute Gasteiger partial charge is 0.334 e. The van der Waals surface area contributed by atoms with E-state index in [0.29, 0.717) is 5.91 Å². The van der Waals surface area contributed by atoms with Crippen LogP contribution in [0.5, 0.6) is 0 Å². The van der Waals surface area contributed by atoms with Crippen molar-refractivity contribution in [3.63, 3.8) is 0 Å². The molecule has 1 atom stereocenters. The first kappa shape index (κ1) is 16.2. The Bertz CT molecular complexity index is 710. The average Bonchev–Trinajstić information content (AvgIpc) is 3.19. The molecule has 1 saturated heterocycles. The van der Waals surface area contributed by atoms with E-state index in [2.05, 4.69) is 32.0 Å². The minimum atomic E-state index is 0.135. The molecule has 0 radical (unpaired) electrons. The summed E-state index contributed by atoms with van der Waals surface area (Å²) in [6, 6.07) is 4.25. The van der Waals surface area contributed by atoms with Crippen molar-refractivity contribution < 1.29 is 4.79 Å². The van der Waals surface area contributed by atoms with Gasteiger partial charge >= 0.3 is 0 Å². The van der Waals surface area contributed by atoms with Gasteiger partial charge in [-0.25, -0.2) is 9.97 Å². The van der Waals surface area contributed by atoms with E-state index in [0.717, 1.165) is 49.0 Å². The van der Waals surface area contributed by atoms with E-state index in [1.807, 2.05) is 6.20 Å². The standard InChI is InChI=1S/C20H24N4O/c25-20(15-5-2-1-3-6-15)24-10-4-7-19(24)18-9-8-16(13-23-18)17-11-21-14-22-12-17/h8-9,11-15,19H,1-7,10H2/t19-/m0/s1. The minimum Gasteiger partial charge on any atom is -0.334 e. The topological polar surface area (TPSA) is 59.0 Å². The molecule has 4 rings (SSSR count). The monoisotopic (exact) mass is 336 g/mol. The number of pyridine rings is 1. The summed E-state index contributed by atoms with van der Waals surface area (Å²) in [6.07, 6.45) is 14.8. The normalized spacial score (nSPS) is 21.4. The number of rotatable bonds is 3. The van der Waals surface area contributed by atoms with Crippen molar-refractivity contribution in [1.29, 1.82) is 0 Å². The lowest BCUT2D eigenvalue weighted by Crippen LogP contribution is -2.36. The molecule has 1 saturated carbocycles. The van der Waals surface area contributed by atoms with Crippen molar-refractivity contribution in [2.45, 2.75) is 51.0 Å². The fourth-order valence-corrected chi connectivity index (χ4v) is 4.14. The van der Waals surface area contributed by atoms with Crippen molar-refractivity contribution >= 4 is 5.91 Å². The van der Waals surface area contributed by atoms with Crippen LogP contribution in [0.25, 0.3) is 11.1 Å². The highest BCUT2D eigenvalue weighted by Crippen LogP contribution is 2.35. The Labute approximate surface area is 148 Å². The lowest BCUT2D eigenvalue weighted by molar-refractivity contribution is -0.137. The Balaban J connectivity index is 1.51. The van der Waals surface area contributed by atoms with Crippen LogP contribution in [0.15, 0.2) is 37.1 Å². The molecule has 0 spiro atoms. The highest BCUT2D eigenvalue weighted by Gasteiger charge is 2.34. The molecule has 2 aliphatic rings. The van der Waals surface area contributed by atoms with E-state index in [1.165, 1.54) is 25.6 Å². The van der Waals surface area contributed by atoms with Gasteiger partial charge < -0.3 is 4.90 Å². The summed E-state index contributed by atoms with van der Waals surface area (Å²) in [4.78, 5) is 27.8. The predicted octanol–water partition coefficient (Wildman–Crippen LogP) is 3.78. The van der Waals surface area contributed by atoms with Gasteiger partial charge in [-0.05, 0) is 31.7 Å². The van der Waals surface area contributed by atoms with E-state index in [9.17, 15) is 4.79 Å². The number of hydrogen-bond donors (Lipinski definition) is 0. The third-order valence-electron chi connectivity index (χ3n) is 5.51. The smallest absolute Gasteiger partial charge is 0.226 e. The van der Waals surface area contributed by atoms with Gasteiger partial charge in [-0.1, -0.05) is 25.3 Å². The van der Waals surface area contributed by atoms with Gasteiger partial charge in [0.25, 0.3) is 0 Å². The van der Waals surface area contributed by atoms with Crippen molar-refractivity contribution in [1.82, 2.24) is 19.9 Å². The van der Waals surface area contributed by atoms with Crippen LogP contribution in [0.3, 0.4) is 0 Å². The highest BCUT2D eigenvalue weighted by atomic mass is 16.2. The molecular formula is C20H24N4O. The van der Waals surface area contributed by atoms with E-state index in [1.54, 1.807) is 12.4 Å². The van der Waals surface area contributed by atoms with Crippen molar-refractivity contribution in [3.8, 4) is 11.1 Å². The molecule has 1 aliphatic carbocycles. The van der Waals surface area contributed by atoms with Crippen LogP contribution in [0.4, 0.5) is 0 Å². The maximum atomic E-state index is 13.0. The van der Waals surface area contributed by atoms with Gasteiger partial charge in [0.05, 0.1) is 11.7 Å². The predicted molar refractivity (Wildman–Crippen MR) is 95.5 cm³/mol. The molecular weight excluding hydrogens is 312 g/mol. The second-order valence-electron chi connectivity index (χ2n) is 7.12. The zero-order valence-corrected chi connectivity index (χ0v) is 14.5. The molecule has 130 valence electrons. The number of carbonyl (C=O) groups excluding carboxylic acids is 1. The first-order valence-electron chi connectivity index (χ1n) is 9.35. The molecule has 1 amide bonds. The summed E-state index contributed by atoms with van der Waals surface area (Å²) in [5.74, 6) is 0.583. The number of aromatic nitrogens is 3. The molecule has 1 aliphatic heterocycles. The van der Waals surface area contributed by atoms with Gasteiger partial charge in [-0.15, -0.1) is 0 Å². The SMILES string of the molecule is O=C(C1CCCCC1)N1CCC[C@H]1c1ccc(-c2cncnc2)cn1. The van der Waals surface area contributed by atoms with Gasteiger partial charge in [-0.3, -0.25) is 9.78 Å². The van der Waals surface area contributed by atoms with E-state index >= 15 is 0 Å². The quantitative estimate of drug-likeness (QED) is 0.856. The third kappa shape index (κ3) is 3.41. The number of hydrogen-bond acceptors (Lipinski definition) is 4. The Kier molecular flexibility index (Phi) is 4.72. The number of likely N-dealkylation sites (tertiary alicyclic amines) is 1. The molecule has 0 bridgehead atoms. The van der Waals surface area contributed by atoms with Crippen LogP contribution in [-0.4, -0.2) is 32.3 Å². The average molecular weight is 336 g/mol. The third-order valence-corrected chi connectivity index (χ3v) is 5.51. The summed E-state index contributed by atoms with van der Waals surface area (Å²) < 4.78 is 0. The van der Waals surface area contributed by atoms with Crippen LogP contribution in [0.2, 0.25) is 0 Å². The van der Waals surface area contributed by atoms with Crippen LogP contribution < -0.4 is 0 Å². The van der Waals surface area contributed by atoms with E-state index in [4.69, 9.17) is 0 Å². The molecule has 2 fully saturated rings. The number of carbonyl (C=O) groups is 1. The lowest BCUT2D eigenvalue weighted by atomic mass is 9.88. The van der Waals surface area contributed by atoms with E-state index in [-0.39, 0.29) is 12.0 Å². The second-order valence-corrected chi connectivity index (χ2v) is 7.12. The summed E-state index contributed by atoms with van der Waals surface area (Å²) in [6.45, 7) is 0.871. The van der Waals surface area contributed by atoms with Gasteiger partial charge in [0.15, 0.2) is 0 Å². The van der Waals surface area contributed by atoms with Crippen LogP contribution >= 0.6 is 0 Å². The maximum Gasteiger partial charge on any atom is 0.226 e. The number of amides is 1. The molecule has 0 N–H and O–H groups in total. The zero-order chi connectivity index (χ0) is 17.1. The molecule has 3 heterocycles. The summed E-state index contributed by atoms with van der Waals surface area (Å²) >= 11 is 0. The van der Waals surface area contributed by atoms with Crippen molar-refractivity contribution in [2.24, 2.45) is 5.92 Å². The maximum absolute atomic E-state index is 13.0. The number of nitrogens with zero attached hydrogens (tertiary/aromatic N) is 4. The van der Waals surface area contributed by atoms with Crippen molar-refractivity contribution in [3.05, 3.63) is 42.7 Å².